The Hall–Kier alpha value is -2.52. The van der Waals surface area contributed by atoms with Crippen LogP contribution >= 0.6 is 15.6 Å². The molecule has 0 aliphatic heterocycles. The minimum absolute atomic E-state index is 0.0518. The van der Waals surface area contributed by atoms with E-state index in [0.29, 0.717) is 32.1 Å². The molecule has 17 heteroatoms. The second-order valence-electron chi connectivity index (χ2n) is 14.6. The average molecular weight is 907 g/mol. The Kier molecular flexibility index (Phi) is 37.5. The third-order valence-electron chi connectivity index (χ3n) is 8.78. The molecule has 0 fully saturated rings. The van der Waals surface area contributed by atoms with E-state index in [0.717, 1.165) is 25.7 Å². The van der Waals surface area contributed by atoms with Crippen molar-refractivity contribution < 1.29 is 71.8 Å². The largest absolute Gasteiger partial charge is 0.472 e. The van der Waals surface area contributed by atoms with Gasteiger partial charge in [0.1, 0.15) is 12.7 Å². The number of unbranched alkanes of at least 4 members (excludes halogenated alkanes) is 12. The zero-order valence-electron chi connectivity index (χ0n) is 36.5. The lowest BCUT2D eigenvalue weighted by Crippen LogP contribution is -2.29. The highest BCUT2D eigenvalue weighted by Gasteiger charge is 2.28. The Morgan fingerprint density at radius 1 is 0.557 bits per heavy atom. The Balaban J connectivity index is 4.76. The summed E-state index contributed by atoms with van der Waals surface area (Å²) in [7, 11) is -9.74. The quantitative estimate of drug-likeness (QED) is 0.0111. The summed E-state index contributed by atoms with van der Waals surface area (Å²) in [6, 6.07) is 0. The number of ether oxygens (including phenoxy) is 2. The summed E-state index contributed by atoms with van der Waals surface area (Å²) in [5.74, 6) is -1.20. The summed E-state index contributed by atoms with van der Waals surface area (Å²) in [4.78, 5) is 52.6. The molecule has 61 heavy (non-hydrogen) atoms. The van der Waals surface area contributed by atoms with Crippen LogP contribution < -0.4 is 0 Å². The van der Waals surface area contributed by atoms with Gasteiger partial charge in [-0.3, -0.25) is 23.2 Å². The van der Waals surface area contributed by atoms with Crippen molar-refractivity contribution in [1.29, 1.82) is 0 Å². The SMILES string of the molecule is CC/C=C\C[C@H](O)/C=C/C=C\C=C\[C@H](O)C/C=C\C/C=C\CCC(=O)O[C@H](COC(=O)CCCCCCCCCCCCCCC)COP(=O)(O)OC[C@@H](O)COP(=O)(O)O. The van der Waals surface area contributed by atoms with E-state index in [-0.39, 0.29) is 12.8 Å². The molecule has 0 amide bonds. The fourth-order valence-electron chi connectivity index (χ4n) is 5.43. The molecule has 5 atom stereocenters. The van der Waals surface area contributed by atoms with Gasteiger partial charge in [-0.15, -0.1) is 0 Å². The van der Waals surface area contributed by atoms with Gasteiger partial charge in [0.05, 0.1) is 32.0 Å². The number of aliphatic hydroxyl groups is 3. The van der Waals surface area contributed by atoms with Crippen LogP contribution in [0.2, 0.25) is 0 Å². The number of phosphoric ester groups is 2. The maximum absolute atomic E-state index is 12.6. The van der Waals surface area contributed by atoms with Crippen molar-refractivity contribution in [2.75, 3.05) is 26.4 Å². The van der Waals surface area contributed by atoms with Crippen molar-refractivity contribution in [3.8, 4) is 0 Å². The minimum Gasteiger partial charge on any atom is -0.462 e. The normalized spacial score (nSPS) is 15.7. The number of hydrogen-bond donors (Lipinski definition) is 6. The van der Waals surface area contributed by atoms with Gasteiger partial charge in [0.2, 0.25) is 0 Å². The molecule has 0 heterocycles. The molecular formula is C44H76O15P2. The van der Waals surface area contributed by atoms with Crippen molar-refractivity contribution in [3.63, 3.8) is 0 Å². The van der Waals surface area contributed by atoms with Gasteiger partial charge in [-0.05, 0) is 38.5 Å². The Labute approximate surface area is 364 Å². The minimum atomic E-state index is -4.89. The molecule has 0 rings (SSSR count). The van der Waals surface area contributed by atoms with Crippen molar-refractivity contribution in [2.45, 2.75) is 167 Å². The second-order valence-corrected chi connectivity index (χ2v) is 17.3. The number of esters is 2. The van der Waals surface area contributed by atoms with E-state index in [2.05, 4.69) is 16.0 Å². The molecule has 15 nitrogen and oxygen atoms in total. The average Bonchev–Trinajstić information content (AvgIpc) is 3.21. The summed E-state index contributed by atoms with van der Waals surface area (Å²) in [5, 5.41) is 29.7. The van der Waals surface area contributed by atoms with Crippen LogP contribution in [-0.4, -0.2) is 92.8 Å². The molecule has 6 N–H and O–H groups in total. The van der Waals surface area contributed by atoms with Gasteiger partial charge in [-0.2, -0.15) is 0 Å². The zero-order valence-corrected chi connectivity index (χ0v) is 38.2. The summed E-state index contributed by atoms with van der Waals surface area (Å²) in [5.41, 5.74) is 0. The Morgan fingerprint density at radius 2 is 1.07 bits per heavy atom. The topological polar surface area (TPSA) is 236 Å². The van der Waals surface area contributed by atoms with Crippen molar-refractivity contribution in [1.82, 2.24) is 0 Å². The fraction of sp³-hybridized carbons (Fsp3) is 0.682. The molecule has 0 spiro atoms. The smallest absolute Gasteiger partial charge is 0.462 e. The first kappa shape index (κ1) is 58.5. The van der Waals surface area contributed by atoms with Crippen LogP contribution in [0, 0.1) is 0 Å². The molecule has 352 valence electrons. The number of hydrogen-bond acceptors (Lipinski definition) is 12. The predicted molar refractivity (Wildman–Crippen MR) is 237 cm³/mol. The molecule has 0 aliphatic rings. The van der Waals surface area contributed by atoms with E-state index in [1.54, 1.807) is 42.5 Å². The number of carbonyl (C=O) groups excluding carboxylic acids is 2. The lowest BCUT2D eigenvalue weighted by Gasteiger charge is -2.20. The predicted octanol–water partition coefficient (Wildman–Crippen LogP) is 8.95. The van der Waals surface area contributed by atoms with Gasteiger partial charge in [-0.1, -0.05) is 164 Å². The van der Waals surface area contributed by atoms with Crippen LogP contribution in [0.1, 0.15) is 142 Å². The fourth-order valence-corrected chi connectivity index (χ4v) is 6.59. The standard InChI is InChI=1S/C44H76O15P2/c1-3-5-7-8-9-10-11-12-13-14-15-19-27-33-43(48)55-37-42(38-58-61(53,54)57-36-41(47)35-56-60(50,51)52)59-44(49)34-28-20-17-16-18-24-30-40(46)32-26-22-21-25-31-39(45)29-23-6-4-2/h6,17-18,20-26,31-32,39-42,45-47H,3-5,7-16,19,27-30,33-38H2,1-2H3,(H,53,54)(H2,50,51,52)/b20-17-,22-21-,23-6-,24-18-,31-25+,32-26+/t39-,40+,41-,42+/m0/s1. The summed E-state index contributed by atoms with van der Waals surface area (Å²) >= 11 is 0. The van der Waals surface area contributed by atoms with E-state index >= 15 is 0 Å². The first-order chi connectivity index (χ1) is 29.2. The van der Waals surface area contributed by atoms with E-state index in [1.165, 1.54) is 57.8 Å². The number of allylic oxidation sites excluding steroid dienone is 8. The molecule has 0 aromatic carbocycles. The Morgan fingerprint density at radius 3 is 1.62 bits per heavy atom. The van der Waals surface area contributed by atoms with Crippen molar-refractivity contribution in [2.24, 2.45) is 0 Å². The molecule has 0 radical (unpaired) electrons. The molecule has 0 saturated carbocycles. The first-order valence-electron chi connectivity index (χ1n) is 21.8. The third-order valence-corrected chi connectivity index (χ3v) is 10.2. The number of aliphatic hydroxyl groups excluding tert-OH is 3. The molecule has 0 aliphatic carbocycles. The van der Waals surface area contributed by atoms with Crippen molar-refractivity contribution in [3.05, 3.63) is 72.9 Å². The number of rotatable bonds is 40. The highest BCUT2D eigenvalue weighted by Crippen LogP contribution is 2.43. The molecule has 0 saturated heterocycles. The molecule has 1 unspecified atom stereocenters. The van der Waals surface area contributed by atoms with E-state index in [1.807, 2.05) is 37.3 Å². The van der Waals surface area contributed by atoms with Crippen LogP contribution in [0.4, 0.5) is 0 Å². The second kappa shape index (κ2) is 39.1. The summed E-state index contributed by atoms with van der Waals surface area (Å²) < 4.78 is 47.6. The number of carbonyl (C=O) groups is 2. The number of phosphoric acid groups is 2. The molecule has 0 aromatic rings. The summed E-state index contributed by atoms with van der Waals surface area (Å²) in [6.07, 6.45) is 35.4. The monoisotopic (exact) mass is 906 g/mol. The van der Waals surface area contributed by atoms with Crippen LogP contribution in [-0.2, 0) is 41.8 Å². The third kappa shape index (κ3) is 42.6. The van der Waals surface area contributed by atoms with Gasteiger partial charge in [0, 0.05) is 12.8 Å². The Bertz CT molecular complexity index is 1390. The van der Waals surface area contributed by atoms with Gasteiger partial charge >= 0.3 is 27.6 Å². The zero-order chi connectivity index (χ0) is 45.5. The van der Waals surface area contributed by atoms with Gasteiger partial charge in [-0.25, -0.2) is 9.13 Å². The highest BCUT2D eigenvalue weighted by atomic mass is 31.2. The van der Waals surface area contributed by atoms with E-state index in [9.17, 15) is 38.9 Å². The van der Waals surface area contributed by atoms with Gasteiger partial charge in [0.15, 0.2) is 6.10 Å². The van der Waals surface area contributed by atoms with E-state index in [4.69, 9.17) is 23.8 Å². The molecule has 0 bridgehead atoms. The first-order valence-corrected chi connectivity index (χ1v) is 24.9. The van der Waals surface area contributed by atoms with Crippen molar-refractivity contribution >= 4 is 27.6 Å². The maximum Gasteiger partial charge on any atom is 0.472 e. The lowest BCUT2D eigenvalue weighted by molar-refractivity contribution is -0.161. The maximum atomic E-state index is 12.6. The summed E-state index contributed by atoms with van der Waals surface area (Å²) in [6.45, 7) is 1.36. The van der Waals surface area contributed by atoms with E-state index < -0.39 is 78.4 Å². The van der Waals surface area contributed by atoms with Crippen LogP contribution in [0.3, 0.4) is 0 Å². The molecular weight excluding hydrogens is 830 g/mol. The highest BCUT2D eigenvalue weighted by molar-refractivity contribution is 7.47. The molecule has 0 aromatic heterocycles. The van der Waals surface area contributed by atoms with Gasteiger partial charge in [0.25, 0.3) is 0 Å². The van der Waals surface area contributed by atoms with Crippen LogP contribution in [0.5, 0.6) is 0 Å². The van der Waals surface area contributed by atoms with Gasteiger partial charge < -0.3 is 39.5 Å². The van der Waals surface area contributed by atoms with Crippen LogP contribution in [0.15, 0.2) is 72.9 Å². The van der Waals surface area contributed by atoms with Crippen LogP contribution in [0.25, 0.3) is 0 Å². The lowest BCUT2D eigenvalue weighted by atomic mass is 10.0.